The maximum absolute atomic E-state index is 11.3. The molecule has 1 aliphatic heterocycles. The third-order valence-corrected chi connectivity index (χ3v) is 2.98. The summed E-state index contributed by atoms with van der Waals surface area (Å²) < 4.78 is 0. The predicted molar refractivity (Wildman–Crippen MR) is 81.9 cm³/mol. The van der Waals surface area contributed by atoms with Gasteiger partial charge in [0, 0.05) is 25.4 Å². The molecule has 1 heterocycles. The molecule has 0 radical (unpaired) electrons. The zero-order chi connectivity index (χ0) is 14.7. The maximum Gasteiger partial charge on any atom is 0.136 e. The van der Waals surface area contributed by atoms with Gasteiger partial charge in [-0.25, -0.2) is 0 Å². The Bertz CT molecular complexity index is 268. The lowest BCUT2D eigenvalue weighted by Crippen LogP contribution is -2.41. The molecule has 106 valence electrons. The Labute approximate surface area is 114 Å². The Morgan fingerprint density at radius 3 is 2.22 bits per heavy atom. The minimum absolute atomic E-state index is 0.184. The van der Waals surface area contributed by atoms with Crippen LogP contribution in [-0.4, -0.2) is 30.3 Å². The van der Waals surface area contributed by atoms with Crippen molar-refractivity contribution in [2.75, 3.05) is 13.6 Å². The van der Waals surface area contributed by atoms with Crippen LogP contribution in [0.4, 0.5) is 0 Å². The molecule has 0 bridgehead atoms. The average molecular weight is 253 g/mol. The molecule has 1 fully saturated rings. The summed E-state index contributed by atoms with van der Waals surface area (Å²) in [5.41, 5.74) is 2.10. The Morgan fingerprint density at radius 1 is 1.28 bits per heavy atom. The molecule has 1 rings (SSSR count). The van der Waals surface area contributed by atoms with Crippen molar-refractivity contribution in [1.82, 2.24) is 4.90 Å². The van der Waals surface area contributed by atoms with Crippen molar-refractivity contribution in [2.45, 2.75) is 59.9 Å². The van der Waals surface area contributed by atoms with E-state index in [2.05, 4.69) is 25.0 Å². The van der Waals surface area contributed by atoms with Crippen molar-refractivity contribution in [2.24, 2.45) is 0 Å². The fourth-order valence-electron chi connectivity index (χ4n) is 1.78. The SMILES string of the molecule is C=C(CC)C(=C)C1CC(=O)CCN1C.CC.CC. The molecule has 0 amide bonds. The van der Waals surface area contributed by atoms with Gasteiger partial charge >= 0.3 is 0 Å². The van der Waals surface area contributed by atoms with Crippen LogP contribution in [0.2, 0.25) is 0 Å². The number of Topliss-reactive ketones (excluding diaryl/α,β-unsaturated/α-hetero) is 1. The van der Waals surface area contributed by atoms with E-state index < -0.39 is 0 Å². The van der Waals surface area contributed by atoms with Gasteiger partial charge in [0.15, 0.2) is 0 Å². The van der Waals surface area contributed by atoms with Gasteiger partial charge in [-0.05, 0) is 19.0 Å². The van der Waals surface area contributed by atoms with E-state index in [1.54, 1.807) is 0 Å². The lowest BCUT2D eigenvalue weighted by atomic mass is 9.91. The second-order valence-corrected chi connectivity index (χ2v) is 3.97. The van der Waals surface area contributed by atoms with Crippen LogP contribution < -0.4 is 0 Å². The number of carbonyl (C=O) groups excluding carboxylic acids is 1. The van der Waals surface area contributed by atoms with Crippen LogP contribution in [-0.2, 0) is 4.79 Å². The second-order valence-electron chi connectivity index (χ2n) is 3.97. The molecule has 1 atom stereocenters. The molecule has 1 unspecified atom stereocenters. The number of piperidine rings is 1. The summed E-state index contributed by atoms with van der Waals surface area (Å²) in [6.45, 7) is 18.9. The molecular weight excluding hydrogens is 222 g/mol. The van der Waals surface area contributed by atoms with Crippen molar-refractivity contribution < 1.29 is 4.79 Å². The number of nitrogens with zero attached hydrogens (tertiary/aromatic N) is 1. The lowest BCUT2D eigenvalue weighted by Gasteiger charge is -2.33. The normalized spacial score (nSPS) is 19.0. The van der Waals surface area contributed by atoms with Crippen LogP contribution in [0.5, 0.6) is 0 Å². The largest absolute Gasteiger partial charge is 0.300 e. The van der Waals surface area contributed by atoms with Gasteiger partial charge in [-0.2, -0.15) is 0 Å². The molecule has 0 spiro atoms. The molecule has 0 aromatic rings. The van der Waals surface area contributed by atoms with Crippen LogP contribution in [0.15, 0.2) is 24.3 Å². The van der Waals surface area contributed by atoms with E-state index in [0.717, 1.165) is 24.1 Å². The molecule has 2 heteroatoms. The number of carbonyl (C=O) groups is 1. The summed E-state index contributed by atoms with van der Waals surface area (Å²) >= 11 is 0. The molecule has 0 aliphatic carbocycles. The minimum atomic E-state index is 0.184. The monoisotopic (exact) mass is 253 g/mol. The predicted octanol–water partition coefficient (Wildman–Crippen LogP) is 4.22. The summed E-state index contributed by atoms with van der Waals surface area (Å²) in [5.74, 6) is 0.346. The molecular formula is C16H31NO. The van der Waals surface area contributed by atoms with Crippen LogP contribution in [0.1, 0.15) is 53.9 Å². The molecule has 18 heavy (non-hydrogen) atoms. The van der Waals surface area contributed by atoms with Gasteiger partial charge in [-0.15, -0.1) is 0 Å². The van der Waals surface area contributed by atoms with Crippen molar-refractivity contribution in [1.29, 1.82) is 0 Å². The number of likely N-dealkylation sites (tertiary alicyclic amines) is 1. The van der Waals surface area contributed by atoms with Gasteiger partial charge in [-0.1, -0.05) is 53.3 Å². The van der Waals surface area contributed by atoms with Crippen LogP contribution in [0.25, 0.3) is 0 Å². The first-order chi connectivity index (χ1) is 8.56. The van der Waals surface area contributed by atoms with Crippen molar-refractivity contribution in [3.63, 3.8) is 0 Å². The number of rotatable bonds is 3. The van der Waals surface area contributed by atoms with Crippen molar-refractivity contribution in [3.05, 3.63) is 24.3 Å². The Balaban J connectivity index is 0. The first-order valence-corrected chi connectivity index (χ1v) is 7.15. The highest BCUT2D eigenvalue weighted by molar-refractivity contribution is 5.80. The first kappa shape index (κ1) is 19.4. The topological polar surface area (TPSA) is 20.3 Å². The van der Waals surface area contributed by atoms with Gasteiger partial charge in [0.2, 0.25) is 0 Å². The molecule has 0 aromatic heterocycles. The molecule has 2 nitrogen and oxygen atoms in total. The summed E-state index contributed by atoms with van der Waals surface area (Å²) in [4.78, 5) is 13.5. The summed E-state index contributed by atoms with van der Waals surface area (Å²) in [5, 5.41) is 0. The summed E-state index contributed by atoms with van der Waals surface area (Å²) in [6, 6.07) is 0.184. The zero-order valence-electron chi connectivity index (χ0n) is 13.2. The Morgan fingerprint density at radius 2 is 1.78 bits per heavy atom. The fourth-order valence-corrected chi connectivity index (χ4v) is 1.78. The van der Waals surface area contributed by atoms with E-state index >= 15 is 0 Å². The lowest BCUT2D eigenvalue weighted by molar-refractivity contribution is -0.122. The molecule has 0 N–H and O–H groups in total. The molecule has 0 saturated carbocycles. The standard InChI is InChI=1S/C12H19NO.2C2H6/c1-5-9(2)10(3)12-8-11(14)6-7-13(12)4;2*1-2/h12H,2-3,5-8H2,1,4H3;2*1-2H3. The van der Waals surface area contributed by atoms with E-state index in [9.17, 15) is 4.79 Å². The molecule has 0 aromatic carbocycles. The minimum Gasteiger partial charge on any atom is -0.300 e. The smallest absolute Gasteiger partial charge is 0.136 e. The summed E-state index contributed by atoms with van der Waals surface area (Å²) in [6.07, 6.45) is 2.20. The number of hydrogen-bond acceptors (Lipinski definition) is 2. The van der Waals surface area contributed by atoms with E-state index in [1.807, 2.05) is 34.7 Å². The number of hydrogen-bond donors (Lipinski definition) is 0. The average Bonchev–Trinajstić information content (AvgIpc) is 2.44. The Kier molecular flexibility index (Phi) is 12.1. The zero-order valence-corrected chi connectivity index (χ0v) is 13.2. The van der Waals surface area contributed by atoms with Gasteiger partial charge in [0.05, 0.1) is 0 Å². The molecule has 1 saturated heterocycles. The third kappa shape index (κ3) is 6.15. The van der Waals surface area contributed by atoms with E-state index in [1.165, 1.54) is 0 Å². The van der Waals surface area contributed by atoms with E-state index in [4.69, 9.17) is 0 Å². The van der Waals surface area contributed by atoms with Crippen LogP contribution in [0.3, 0.4) is 0 Å². The van der Waals surface area contributed by atoms with Crippen molar-refractivity contribution >= 4 is 5.78 Å². The van der Waals surface area contributed by atoms with Crippen molar-refractivity contribution in [3.8, 4) is 0 Å². The maximum atomic E-state index is 11.3. The summed E-state index contributed by atoms with van der Waals surface area (Å²) in [7, 11) is 2.05. The second kappa shape index (κ2) is 11.2. The van der Waals surface area contributed by atoms with Gasteiger partial charge in [-0.3, -0.25) is 9.69 Å². The Hall–Kier alpha value is -0.890. The van der Waals surface area contributed by atoms with Gasteiger partial charge < -0.3 is 0 Å². The van der Waals surface area contributed by atoms with Gasteiger partial charge in [0.1, 0.15) is 5.78 Å². The highest BCUT2D eigenvalue weighted by atomic mass is 16.1. The number of ketones is 1. The van der Waals surface area contributed by atoms with Crippen LogP contribution in [0, 0.1) is 0 Å². The highest BCUT2D eigenvalue weighted by Gasteiger charge is 2.26. The third-order valence-electron chi connectivity index (χ3n) is 2.98. The highest BCUT2D eigenvalue weighted by Crippen LogP contribution is 2.24. The first-order valence-electron chi connectivity index (χ1n) is 7.15. The fraction of sp³-hybridized carbons (Fsp3) is 0.688. The quantitative estimate of drug-likeness (QED) is 0.702. The van der Waals surface area contributed by atoms with Crippen LogP contribution >= 0.6 is 0 Å². The molecule has 1 aliphatic rings. The van der Waals surface area contributed by atoms with E-state index in [0.29, 0.717) is 18.6 Å². The number of likely N-dealkylation sites (N-methyl/N-ethyl adjacent to an activating group) is 1. The van der Waals surface area contributed by atoms with E-state index in [-0.39, 0.29) is 6.04 Å². The van der Waals surface area contributed by atoms with Gasteiger partial charge in [0.25, 0.3) is 0 Å².